The van der Waals surface area contributed by atoms with Crippen molar-refractivity contribution in [3.05, 3.63) is 0 Å². The maximum Gasteiger partial charge on any atom is 0.151 e. The summed E-state index contributed by atoms with van der Waals surface area (Å²) in [6, 6.07) is 0.127. The molecule has 0 aliphatic heterocycles. The van der Waals surface area contributed by atoms with Gasteiger partial charge in [-0.2, -0.15) is 0 Å². The van der Waals surface area contributed by atoms with Gasteiger partial charge in [0.05, 0.1) is 11.5 Å². The molecule has 1 atom stereocenters. The number of nitrogens with one attached hydrogen (secondary N) is 1. The summed E-state index contributed by atoms with van der Waals surface area (Å²) < 4.78 is 23.4. The topological polar surface area (TPSA) is 46.2 Å². The van der Waals surface area contributed by atoms with Crippen LogP contribution in [0.5, 0.6) is 0 Å². The lowest BCUT2D eigenvalue weighted by atomic mass is 10.2. The molecule has 3 nitrogen and oxygen atoms in total. The van der Waals surface area contributed by atoms with Gasteiger partial charge in [-0.15, -0.1) is 0 Å². The fourth-order valence-corrected chi connectivity index (χ4v) is 3.35. The van der Waals surface area contributed by atoms with E-state index in [9.17, 15) is 8.42 Å². The van der Waals surface area contributed by atoms with Gasteiger partial charge in [0.15, 0.2) is 9.84 Å². The molecule has 0 bridgehead atoms. The molecule has 15 heavy (non-hydrogen) atoms. The molecular weight excluding hydrogens is 210 g/mol. The maximum absolute atomic E-state index is 11.7. The minimum atomic E-state index is -2.85. The normalized spacial score (nSPS) is 14.1. The van der Waals surface area contributed by atoms with E-state index in [0.717, 1.165) is 32.2 Å². The summed E-state index contributed by atoms with van der Waals surface area (Å²) in [5.41, 5.74) is 0. The first-order chi connectivity index (χ1) is 7.05. The molecular formula is C11H25NO2S. The lowest BCUT2D eigenvalue weighted by Crippen LogP contribution is -2.35. The molecule has 0 aromatic rings. The summed E-state index contributed by atoms with van der Waals surface area (Å²) in [6.45, 7) is 6.95. The molecule has 0 aromatic carbocycles. The van der Waals surface area contributed by atoms with Crippen molar-refractivity contribution in [2.24, 2.45) is 0 Å². The van der Waals surface area contributed by atoms with E-state index in [1.165, 1.54) is 0 Å². The van der Waals surface area contributed by atoms with E-state index in [4.69, 9.17) is 0 Å². The third kappa shape index (κ3) is 7.79. The largest absolute Gasteiger partial charge is 0.313 e. The fraction of sp³-hybridized carbons (Fsp3) is 1.00. The van der Waals surface area contributed by atoms with Crippen LogP contribution in [0, 0.1) is 0 Å². The first-order valence-electron chi connectivity index (χ1n) is 5.99. The van der Waals surface area contributed by atoms with Crippen molar-refractivity contribution in [3.63, 3.8) is 0 Å². The Hall–Kier alpha value is -0.0900. The fourth-order valence-electron chi connectivity index (χ4n) is 1.57. The molecule has 1 N–H and O–H groups in total. The van der Waals surface area contributed by atoms with Crippen molar-refractivity contribution in [1.29, 1.82) is 0 Å². The molecule has 4 heteroatoms. The van der Waals surface area contributed by atoms with Gasteiger partial charge < -0.3 is 5.32 Å². The van der Waals surface area contributed by atoms with Crippen LogP contribution in [-0.4, -0.2) is 32.5 Å². The highest BCUT2D eigenvalue weighted by molar-refractivity contribution is 7.91. The van der Waals surface area contributed by atoms with Crippen molar-refractivity contribution in [2.75, 3.05) is 18.1 Å². The Labute approximate surface area is 94.6 Å². The molecule has 0 rings (SSSR count). The first kappa shape index (κ1) is 14.9. The third-order valence-corrected chi connectivity index (χ3v) is 4.32. The second kappa shape index (κ2) is 8.11. The summed E-state index contributed by atoms with van der Waals surface area (Å²) in [7, 11) is -2.85. The monoisotopic (exact) mass is 235 g/mol. The Morgan fingerprint density at radius 3 is 2.27 bits per heavy atom. The second-order valence-electron chi connectivity index (χ2n) is 3.98. The van der Waals surface area contributed by atoms with Crippen LogP contribution in [-0.2, 0) is 9.84 Å². The third-order valence-electron chi connectivity index (χ3n) is 2.50. The van der Waals surface area contributed by atoms with E-state index in [-0.39, 0.29) is 6.04 Å². The molecule has 0 fully saturated rings. The first-order valence-corrected chi connectivity index (χ1v) is 7.81. The molecule has 0 saturated carbocycles. The zero-order valence-corrected chi connectivity index (χ0v) is 11.1. The van der Waals surface area contributed by atoms with Gasteiger partial charge in [-0.25, -0.2) is 8.42 Å². The second-order valence-corrected chi connectivity index (χ2v) is 6.21. The smallest absolute Gasteiger partial charge is 0.151 e. The Morgan fingerprint density at radius 2 is 1.80 bits per heavy atom. The van der Waals surface area contributed by atoms with Crippen molar-refractivity contribution >= 4 is 9.84 Å². The van der Waals surface area contributed by atoms with E-state index < -0.39 is 9.84 Å². The van der Waals surface area contributed by atoms with Crippen LogP contribution in [0.15, 0.2) is 0 Å². The van der Waals surface area contributed by atoms with Crippen LogP contribution in [0.2, 0.25) is 0 Å². The summed E-state index contributed by atoms with van der Waals surface area (Å²) in [4.78, 5) is 0. The van der Waals surface area contributed by atoms with Gasteiger partial charge in [0, 0.05) is 6.04 Å². The Balaban J connectivity index is 3.99. The van der Waals surface area contributed by atoms with Crippen LogP contribution in [0.25, 0.3) is 0 Å². The van der Waals surface area contributed by atoms with Gasteiger partial charge in [0.25, 0.3) is 0 Å². The average molecular weight is 235 g/mol. The minimum absolute atomic E-state index is 0.127. The molecule has 0 spiro atoms. The van der Waals surface area contributed by atoms with Gasteiger partial charge >= 0.3 is 0 Å². The Kier molecular flexibility index (Phi) is 8.06. The average Bonchev–Trinajstić information content (AvgIpc) is 2.17. The zero-order valence-electron chi connectivity index (χ0n) is 10.3. The Bertz CT molecular complexity index is 237. The highest BCUT2D eigenvalue weighted by Gasteiger charge is 2.16. The van der Waals surface area contributed by atoms with Crippen molar-refractivity contribution < 1.29 is 8.42 Å². The highest BCUT2D eigenvalue weighted by Crippen LogP contribution is 2.04. The summed E-state index contributed by atoms with van der Waals surface area (Å²) in [6.07, 6.45) is 3.76. The minimum Gasteiger partial charge on any atom is -0.313 e. The highest BCUT2D eigenvalue weighted by atomic mass is 32.2. The molecule has 0 heterocycles. The van der Waals surface area contributed by atoms with Crippen LogP contribution in [0.1, 0.15) is 46.5 Å². The lowest BCUT2D eigenvalue weighted by Gasteiger charge is -2.15. The van der Waals surface area contributed by atoms with Gasteiger partial charge in [-0.05, 0) is 19.4 Å². The molecule has 0 aromatic heterocycles. The molecule has 0 aliphatic rings. The molecule has 0 radical (unpaired) electrons. The van der Waals surface area contributed by atoms with Gasteiger partial charge in [-0.1, -0.05) is 33.6 Å². The van der Waals surface area contributed by atoms with E-state index in [0.29, 0.717) is 11.5 Å². The van der Waals surface area contributed by atoms with E-state index >= 15 is 0 Å². The lowest BCUT2D eigenvalue weighted by molar-refractivity contribution is 0.532. The Morgan fingerprint density at radius 1 is 1.13 bits per heavy atom. The molecule has 92 valence electrons. The number of hydrogen-bond acceptors (Lipinski definition) is 3. The summed E-state index contributed by atoms with van der Waals surface area (Å²) >= 11 is 0. The van der Waals surface area contributed by atoms with Gasteiger partial charge in [-0.3, -0.25) is 0 Å². The quantitative estimate of drug-likeness (QED) is 0.622. The summed E-state index contributed by atoms with van der Waals surface area (Å²) in [5, 5.41) is 3.20. The standard InChI is InChI=1S/C11H25NO2S/c1-4-7-8-9-15(13,14)10-11(5-2)12-6-3/h11-12H,4-10H2,1-3H3. The number of sulfone groups is 1. The molecule has 0 saturated heterocycles. The zero-order chi connectivity index (χ0) is 11.7. The maximum atomic E-state index is 11.7. The number of rotatable bonds is 9. The van der Waals surface area contributed by atoms with E-state index in [1.54, 1.807) is 0 Å². The predicted octanol–water partition coefficient (Wildman–Crippen LogP) is 1.98. The predicted molar refractivity (Wildman–Crippen MR) is 65.9 cm³/mol. The van der Waals surface area contributed by atoms with Crippen molar-refractivity contribution in [3.8, 4) is 0 Å². The van der Waals surface area contributed by atoms with Crippen LogP contribution in [0.4, 0.5) is 0 Å². The summed E-state index contributed by atoms with van der Waals surface area (Å²) in [5.74, 6) is 0.643. The molecule has 0 amide bonds. The van der Waals surface area contributed by atoms with Crippen LogP contribution < -0.4 is 5.32 Å². The van der Waals surface area contributed by atoms with Gasteiger partial charge in [0.2, 0.25) is 0 Å². The number of unbranched alkanes of at least 4 members (excludes halogenated alkanes) is 2. The van der Waals surface area contributed by atoms with Crippen LogP contribution in [0.3, 0.4) is 0 Å². The van der Waals surface area contributed by atoms with Crippen molar-refractivity contribution in [1.82, 2.24) is 5.32 Å². The number of hydrogen-bond donors (Lipinski definition) is 1. The molecule has 1 unspecified atom stereocenters. The van der Waals surface area contributed by atoms with E-state index in [2.05, 4.69) is 12.2 Å². The SMILES string of the molecule is CCCCCS(=O)(=O)CC(CC)NCC. The van der Waals surface area contributed by atoms with Gasteiger partial charge in [0.1, 0.15) is 0 Å². The van der Waals surface area contributed by atoms with Crippen LogP contribution >= 0.6 is 0 Å². The molecule has 0 aliphatic carbocycles. The van der Waals surface area contributed by atoms with Crippen molar-refractivity contribution in [2.45, 2.75) is 52.5 Å². The van der Waals surface area contributed by atoms with E-state index in [1.807, 2.05) is 13.8 Å².